The number of carbonyl (C=O) groups excluding carboxylic acids is 1. The number of nitrogens with one attached hydrogen (secondary N) is 1. The maximum Gasteiger partial charge on any atom is 0.318 e. The summed E-state index contributed by atoms with van der Waals surface area (Å²) in [6, 6.07) is 6.76. The Morgan fingerprint density at radius 3 is 2.48 bits per heavy atom. The van der Waals surface area contributed by atoms with Crippen molar-refractivity contribution in [2.75, 3.05) is 7.05 Å². The fourth-order valence-corrected chi connectivity index (χ4v) is 2.29. The summed E-state index contributed by atoms with van der Waals surface area (Å²) in [7, 11) is 1.65. The Balaban J connectivity index is 2.79. The third-order valence-electron chi connectivity index (χ3n) is 3.30. The molecule has 1 aromatic carbocycles. The second kappa shape index (κ2) is 6.80. The second-order valence-electron chi connectivity index (χ2n) is 5.69. The van der Waals surface area contributed by atoms with Crippen molar-refractivity contribution >= 4 is 23.6 Å². The molecule has 1 rings (SSSR count). The summed E-state index contributed by atoms with van der Waals surface area (Å²) in [5.74, 6) is -0.956. The summed E-state index contributed by atoms with van der Waals surface area (Å²) in [5, 5.41) is 12.2. The summed E-state index contributed by atoms with van der Waals surface area (Å²) >= 11 is 6.13. The van der Waals surface area contributed by atoms with Gasteiger partial charge < -0.3 is 15.3 Å². The van der Waals surface area contributed by atoms with Gasteiger partial charge in [0.05, 0.1) is 12.5 Å². The standard InChI is InChI=1S/C15H21ClN2O3/c1-10(11-7-5-6-8-12(11)16)18(4)14(21)17-15(2,3)9-13(19)20/h5-8,10H,9H2,1-4H3,(H,17,21)(H,19,20). The van der Waals surface area contributed by atoms with Crippen LogP contribution in [0.2, 0.25) is 5.02 Å². The number of benzene rings is 1. The van der Waals surface area contributed by atoms with E-state index in [-0.39, 0.29) is 18.5 Å². The van der Waals surface area contributed by atoms with E-state index in [1.54, 1.807) is 27.0 Å². The van der Waals surface area contributed by atoms with Crippen LogP contribution in [0, 0.1) is 0 Å². The van der Waals surface area contributed by atoms with Crippen LogP contribution >= 0.6 is 11.6 Å². The lowest BCUT2D eigenvalue weighted by molar-refractivity contribution is -0.138. The highest BCUT2D eigenvalue weighted by Gasteiger charge is 2.27. The van der Waals surface area contributed by atoms with Crippen LogP contribution in [0.25, 0.3) is 0 Å². The SMILES string of the molecule is CC(c1ccccc1Cl)N(C)C(=O)NC(C)(C)CC(=O)O. The van der Waals surface area contributed by atoms with Crippen molar-refractivity contribution < 1.29 is 14.7 Å². The summed E-state index contributed by atoms with van der Waals surface area (Å²) in [6.45, 7) is 5.21. The van der Waals surface area contributed by atoms with Gasteiger partial charge in [0, 0.05) is 17.6 Å². The van der Waals surface area contributed by atoms with Gasteiger partial charge in [0.2, 0.25) is 0 Å². The molecule has 0 aliphatic carbocycles. The van der Waals surface area contributed by atoms with E-state index in [0.717, 1.165) is 5.56 Å². The Labute approximate surface area is 129 Å². The van der Waals surface area contributed by atoms with Gasteiger partial charge in [-0.1, -0.05) is 29.8 Å². The molecular weight excluding hydrogens is 292 g/mol. The molecule has 116 valence electrons. The van der Waals surface area contributed by atoms with Crippen LogP contribution in [-0.2, 0) is 4.79 Å². The molecule has 0 bridgehead atoms. The fourth-order valence-electron chi connectivity index (χ4n) is 2.00. The topological polar surface area (TPSA) is 69.6 Å². The lowest BCUT2D eigenvalue weighted by atomic mass is 10.0. The molecule has 1 aromatic rings. The highest BCUT2D eigenvalue weighted by atomic mass is 35.5. The molecule has 6 heteroatoms. The minimum Gasteiger partial charge on any atom is -0.481 e. The molecule has 0 fully saturated rings. The van der Waals surface area contributed by atoms with E-state index in [2.05, 4.69) is 5.32 Å². The fraction of sp³-hybridized carbons (Fsp3) is 0.467. The molecule has 0 heterocycles. The Kier molecular flexibility index (Phi) is 5.61. The van der Waals surface area contributed by atoms with Gasteiger partial charge in [0.1, 0.15) is 0 Å². The minimum atomic E-state index is -0.956. The van der Waals surface area contributed by atoms with Crippen molar-refractivity contribution in [2.45, 2.75) is 38.8 Å². The summed E-state index contributed by atoms with van der Waals surface area (Å²) in [6.07, 6.45) is -0.146. The average Bonchev–Trinajstić information content (AvgIpc) is 2.35. The summed E-state index contributed by atoms with van der Waals surface area (Å²) in [5.41, 5.74) is 0.0186. The first kappa shape index (κ1) is 17.3. The number of hydrogen-bond donors (Lipinski definition) is 2. The quantitative estimate of drug-likeness (QED) is 0.876. The van der Waals surface area contributed by atoms with E-state index >= 15 is 0 Å². The molecule has 2 N–H and O–H groups in total. The molecule has 1 atom stereocenters. The number of halogens is 1. The lowest BCUT2D eigenvalue weighted by Gasteiger charge is -2.31. The van der Waals surface area contributed by atoms with Crippen LogP contribution in [0.15, 0.2) is 24.3 Å². The highest BCUT2D eigenvalue weighted by molar-refractivity contribution is 6.31. The number of urea groups is 1. The largest absolute Gasteiger partial charge is 0.481 e. The monoisotopic (exact) mass is 312 g/mol. The number of hydrogen-bond acceptors (Lipinski definition) is 2. The molecule has 0 saturated heterocycles. The molecule has 0 aromatic heterocycles. The lowest BCUT2D eigenvalue weighted by Crippen LogP contribution is -2.50. The zero-order chi connectivity index (χ0) is 16.2. The Bertz CT molecular complexity index is 531. The maximum atomic E-state index is 12.2. The molecule has 5 nitrogen and oxygen atoms in total. The Morgan fingerprint density at radius 2 is 1.95 bits per heavy atom. The predicted molar refractivity (Wildman–Crippen MR) is 82.5 cm³/mol. The number of amides is 2. The first-order valence-corrected chi connectivity index (χ1v) is 7.03. The first-order valence-electron chi connectivity index (χ1n) is 6.65. The van der Waals surface area contributed by atoms with Crippen molar-refractivity contribution in [3.8, 4) is 0 Å². The average molecular weight is 313 g/mol. The number of carbonyl (C=O) groups is 2. The number of rotatable bonds is 5. The van der Waals surface area contributed by atoms with Crippen LogP contribution < -0.4 is 5.32 Å². The van der Waals surface area contributed by atoms with Gasteiger partial charge in [-0.05, 0) is 32.4 Å². The number of aliphatic carboxylic acids is 1. The van der Waals surface area contributed by atoms with Crippen molar-refractivity contribution in [2.24, 2.45) is 0 Å². The first-order chi connectivity index (χ1) is 9.64. The molecule has 0 radical (unpaired) electrons. The van der Waals surface area contributed by atoms with Crippen LogP contribution in [0.5, 0.6) is 0 Å². The van der Waals surface area contributed by atoms with Crippen molar-refractivity contribution in [3.05, 3.63) is 34.9 Å². The zero-order valence-electron chi connectivity index (χ0n) is 12.7. The molecule has 0 aliphatic heterocycles. The molecule has 1 unspecified atom stereocenters. The van der Waals surface area contributed by atoms with E-state index in [9.17, 15) is 9.59 Å². The molecule has 2 amide bonds. The highest BCUT2D eigenvalue weighted by Crippen LogP contribution is 2.26. The van der Waals surface area contributed by atoms with Gasteiger partial charge in [-0.3, -0.25) is 4.79 Å². The van der Waals surface area contributed by atoms with Crippen molar-refractivity contribution in [1.82, 2.24) is 10.2 Å². The van der Waals surface area contributed by atoms with E-state index < -0.39 is 11.5 Å². The van der Waals surface area contributed by atoms with Gasteiger partial charge in [-0.15, -0.1) is 0 Å². The molecular formula is C15H21ClN2O3. The van der Waals surface area contributed by atoms with Crippen LogP contribution in [-0.4, -0.2) is 34.6 Å². The van der Waals surface area contributed by atoms with Gasteiger partial charge in [0.15, 0.2) is 0 Å². The molecule has 21 heavy (non-hydrogen) atoms. The Morgan fingerprint density at radius 1 is 1.38 bits per heavy atom. The van der Waals surface area contributed by atoms with Crippen LogP contribution in [0.1, 0.15) is 38.8 Å². The maximum absolute atomic E-state index is 12.2. The van der Waals surface area contributed by atoms with E-state index in [0.29, 0.717) is 5.02 Å². The van der Waals surface area contributed by atoms with Crippen molar-refractivity contribution in [3.63, 3.8) is 0 Å². The van der Waals surface area contributed by atoms with Gasteiger partial charge in [-0.25, -0.2) is 4.79 Å². The Hall–Kier alpha value is -1.75. The summed E-state index contributed by atoms with van der Waals surface area (Å²) < 4.78 is 0. The predicted octanol–water partition coefficient (Wildman–Crippen LogP) is 3.30. The molecule has 0 saturated carbocycles. The van der Waals surface area contributed by atoms with Gasteiger partial charge in [0.25, 0.3) is 0 Å². The number of nitrogens with zero attached hydrogens (tertiary/aromatic N) is 1. The zero-order valence-corrected chi connectivity index (χ0v) is 13.4. The van der Waals surface area contributed by atoms with Crippen molar-refractivity contribution in [1.29, 1.82) is 0 Å². The van der Waals surface area contributed by atoms with E-state index in [4.69, 9.17) is 16.7 Å². The summed E-state index contributed by atoms with van der Waals surface area (Å²) in [4.78, 5) is 24.5. The third-order valence-corrected chi connectivity index (χ3v) is 3.64. The second-order valence-corrected chi connectivity index (χ2v) is 6.10. The normalized spacial score (nSPS) is 12.6. The molecule has 0 spiro atoms. The van der Waals surface area contributed by atoms with Crippen LogP contribution in [0.3, 0.4) is 0 Å². The minimum absolute atomic E-state index is 0.146. The van der Waals surface area contributed by atoms with Gasteiger partial charge in [-0.2, -0.15) is 0 Å². The number of carboxylic acid groups (broad SMARTS) is 1. The van der Waals surface area contributed by atoms with E-state index in [1.165, 1.54) is 4.90 Å². The van der Waals surface area contributed by atoms with Crippen LogP contribution in [0.4, 0.5) is 4.79 Å². The third kappa shape index (κ3) is 4.93. The van der Waals surface area contributed by atoms with Gasteiger partial charge >= 0.3 is 12.0 Å². The molecule has 0 aliphatic rings. The number of carboxylic acids is 1. The van der Waals surface area contributed by atoms with E-state index in [1.807, 2.05) is 25.1 Å². The smallest absolute Gasteiger partial charge is 0.318 e.